The second kappa shape index (κ2) is 6.08. The molecule has 1 aromatic carbocycles. The monoisotopic (exact) mass is 281 g/mol. The molecule has 0 fully saturated rings. The molecule has 0 unspecified atom stereocenters. The summed E-state index contributed by atoms with van der Waals surface area (Å²) >= 11 is 6.81. The number of hydrogen-bond acceptors (Lipinski definition) is 4. The number of hydrogen-bond donors (Lipinski definition) is 3. The number of benzene rings is 1. The summed E-state index contributed by atoms with van der Waals surface area (Å²) in [6.07, 6.45) is 0.957. The molecule has 0 saturated carbocycles. The summed E-state index contributed by atoms with van der Waals surface area (Å²) in [5.74, 6) is 0. The van der Waals surface area contributed by atoms with Crippen LogP contribution in [0.3, 0.4) is 0 Å². The Morgan fingerprint density at radius 3 is 3.06 bits per heavy atom. The van der Waals surface area contributed by atoms with E-state index in [0.29, 0.717) is 11.7 Å². The van der Waals surface area contributed by atoms with E-state index in [1.165, 1.54) is 0 Å². The SMILES string of the molecule is CCc1nc2ccc(NC(=S)NCCO)cc2s1. The van der Waals surface area contributed by atoms with Gasteiger partial charge in [0.1, 0.15) is 0 Å². The first-order valence-electron chi connectivity index (χ1n) is 5.78. The van der Waals surface area contributed by atoms with E-state index in [-0.39, 0.29) is 6.61 Å². The summed E-state index contributed by atoms with van der Waals surface area (Å²) in [5.41, 5.74) is 1.96. The van der Waals surface area contributed by atoms with Crippen molar-refractivity contribution in [2.75, 3.05) is 18.5 Å². The van der Waals surface area contributed by atoms with Crippen molar-refractivity contribution in [1.82, 2.24) is 10.3 Å². The van der Waals surface area contributed by atoms with Gasteiger partial charge in [-0.2, -0.15) is 0 Å². The van der Waals surface area contributed by atoms with Gasteiger partial charge < -0.3 is 15.7 Å². The Morgan fingerprint density at radius 1 is 1.50 bits per heavy atom. The van der Waals surface area contributed by atoms with Crippen LogP contribution in [-0.4, -0.2) is 28.4 Å². The lowest BCUT2D eigenvalue weighted by Gasteiger charge is -2.08. The molecule has 0 aliphatic carbocycles. The number of anilines is 1. The molecule has 18 heavy (non-hydrogen) atoms. The first-order chi connectivity index (χ1) is 8.72. The lowest BCUT2D eigenvalue weighted by atomic mass is 10.3. The van der Waals surface area contributed by atoms with Gasteiger partial charge in [0, 0.05) is 12.2 Å². The lowest BCUT2D eigenvalue weighted by molar-refractivity contribution is 0.301. The minimum atomic E-state index is 0.0650. The first-order valence-corrected chi connectivity index (χ1v) is 7.00. The fourth-order valence-electron chi connectivity index (χ4n) is 1.55. The van der Waals surface area contributed by atoms with Crippen LogP contribution >= 0.6 is 23.6 Å². The van der Waals surface area contributed by atoms with Crippen LogP contribution in [-0.2, 0) is 6.42 Å². The summed E-state index contributed by atoms with van der Waals surface area (Å²) in [6.45, 7) is 2.62. The highest BCUT2D eigenvalue weighted by atomic mass is 32.1. The van der Waals surface area contributed by atoms with Gasteiger partial charge in [-0.1, -0.05) is 6.92 Å². The third kappa shape index (κ3) is 3.16. The van der Waals surface area contributed by atoms with E-state index in [1.807, 2.05) is 18.2 Å². The fraction of sp³-hybridized carbons (Fsp3) is 0.333. The third-order valence-electron chi connectivity index (χ3n) is 2.39. The molecule has 3 N–H and O–H groups in total. The molecule has 0 amide bonds. The van der Waals surface area contributed by atoms with Gasteiger partial charge in [-0.15, -0.1) is 11.3 Å². The van der Waals surface area contributed by atoms with Crippen molar-refractivity contribution in [3.63, 3.8) is 0 Å². The topological polar surface area (TPSA) is 57.2 Å². The van der Waals surface area contributed by atoms with E-state index in [4.69, 9.17) is 17.3 Å². The molecule has 2 aromatic rings. The first kappa shape index (κ1) is 13.2. The Labute approximate surface area is 115 Å². The van der Waals surface area contributed by atoms with Gasteiger partial charge in [0.25, 0.3) is 0 Å². The van der Waals surface area contributed by atoms with Gasteiger partial charge >= 0.3 is 0 Å². The van der Waals surface area contributed by atoms with Gasteiger partial charge in [-0.25, -0.2) is 4.98 Å². The summed E-state index contributed by atoms with van der Waals surface area (Å²) in [5, 5.41) is 16.3. The molecule has 0 aliphatic rings. The standard InChI is InChI=1S/C12H15N3OS2/c1-2-11-15-9-4-3-8(7-10(9)18-11)14-12(17)13-5-6-16/h3-4,7,16H,2,5-6H2,1H3,(H2,13,14,17). The minimum absolute atomic E-state index is 0.0650. The molecule has 0 bridgehead atoms. The second-order valence-electron chi connectivity index (χ2n) is 3.75. The molecule has 0 radical (unpaired) electrons. The third-order valence-corrected chi connectivity index (χ3v) is 3.80. The van der Waals surface area contributed by atoms with E-state index in [0.717, 1.165) is 27.3 Å². The van der Waals surface area contributed by atoms with Crippen molar-refractivity contribution >= 4 is 44.6 Å². The summed E-state index contributed by atoms with van der Waals surface area (Å²) < 4.78 is 1.15. The maximum absolute atomic E-state index is 8.70. The summed E-state index contributed by atoms with van der Waals surface area (Å²) in [6, 6.07) is 5.98. The van der Waals surface area contributed by atoms with Crippen molar-refractivity contribution in [1.29, 1.82) is 0 Å². The molecule has 0 atom stereocenters. The molecule has 96 valence electrons. The molecule has 0 aliphatic heterocycles. The molecular formula is C12H15N3OS2. The normalized spacial score (nSPS) is 10.6. The Morgan fingerprint density at radius 2 is 2.33 bits per heavy atom. The molecule has 0 spiro atoms. The Balaban J connectivity index is 2.11. The van der Waals surface area contributed by atoms with E-state index in [2.05, 4.69) is 22.5 Å². The Bertz CT molecular complexity index is 553. The number of aryl methyl sites for hydroxylation is 1. The number of thiazole rings is 1. The molecule has 6 heteroatoms. The number of aliphatic hydroxyl groups is 1. The maximum Gasteiger partial charge on any atom is 0.170 e. The fourth-order valence-corrected chi connectivity index (χ4v) is 2.71. The van der Waals surface area contributed by atoms with Crippen LogP contribution in [0.4, 0.5) is 5.69 Å². The zero-order valence-electron chi connectivity index (χ0n) is 10.1. The average Bonchev–Trinajstić information content (AvgIpc) is 2.78. The highest BCUT2D eigenvalue weighted by Crippen LogP contribution is 2.25. The zero-order chi connectivity index (χ0) is 13.0. The van der Waals surface area contributed by atoms with Gasteiger partial charge in [0.15, 0.2) is 5.11 Å². The minimum Gasteiger partial charge on any atom is -0.395 e. The van der Waals surface area contributed by atoms with E-state index in [1.54, 1.807) is 11.3 Å². The average molecular weight is 281 g/mol. The number of rotatable bonds is 4. The number of aliphatic hydroxyl groups excluding tert-OH is 1. The van der Waals surface area contributed by atoms with Gasteiger partial charge in [0.05, 0.1) is 21.8 Å². The molecule has 4 nitrogen and oxygen atoms in total. The second-order valence-corrected chi connectivity index (χ2v) is 5.27. The number of nitrogens with zero attached hydrogens (tertiary/aromatic N) is 1. The predicted octanol–water partition coefficient (Wildman–Crippen LogP) is 2.14. The van der Waals surface area contributed by atoms with Crippen LogP contribution in [0.5, 0.6) is 0 Å². The Kier molecular flexibility index (Phi) is 4.46. The smallest absolute Gasteiger partial charge is 0.170 e. The van der Waals surface area contributed by atoms with Crippen molar-refractivity contribution in [3.05, 3.63) is 23.2 Å². The maximum atomic E-state index is 8.70. The van der Waals surface area contributed by atoms with E-state index >= 15 is 0 Å². The van der Waals surface area contributed by atoms with Crippen molar-refractivity contribution < 1.29 is 5.11 Å². The van der Waals surface area contributed by atoms with E-state index < -0.39 is 0 Å². The molecule has 2 rings (SSSR count). The number of thiocarbonyl (C=S) groups is 1. The van der Waals surface area contributed by atoms with E-state index in [9.17, 15) is 0 Å². The molecule has 1 heterocycles. The summed E-state index contributed by atoms with van der Waals surface area (Å²) in [4.78, 5) is 4.51. The van der Waals surface area contributed by atoms with Crippen LogP contribution in [0.25, 0.3) is 10.2 Å². The highest BCUT2D eigenvalue weighted by Gasteiger charge is 2.04. The number of nitrogens with one attached hydrogen (secondary N) is 2. The van der Waals surface area contributed by atoms with Crippen LogP contribution in [0.1, 0.15) is 11.9 Å². The van der Waals surface area contributed by atoms with Crippen LogP contribution in [0.2, 0.25) is 0 Å². The predicted molar refractivity (Wildman–Crippen MR) is 80.3 cm³/mol. The lowest BCUT2D eigenvalue weighted by Crippen LogP contribution is -2.30. The largest absolute Gasteiger partial charge is 0.395 e. The highest BCUT2D eigenvalue weighted by molar-refractivity contribution is 7.80. The number of fused-ring (bicyclic) bond motifs is 1. The Hall–Kier alpha value is -1.24. The van der Waals surface area contributed by atoms with Crippen molar-refractivity contribution in [2.24, 2.45) is 0 Å². The van der Waals surface area contributed by atoms with Crippen LogP contribution in [0, 0.1) is 0 Å². The van der Waals surface area contributed by atoms with Crippen molar-refractivity contribution in [2.45, 2.75) is 13.3 Å². The zero-order valence-corrected chi connectivity index (χ0v) is 11.7. The van der Waals surface area contributed by atoms with Crippen LogP contribution < -0.4 is 10.6 Å². The molecule has 1 aromatic heterocycles. The van der Waals surface area contributed by atoms with Gasteiger partial charge in [0.2, 0.25) is 0 Å². The molecular weight excluding hydrogens is 266 g/mol. The van der Waals surface area contributed by atoms with Gasteiger partial charge in [-0.05, 0) is 36.8 Å². The van der Waals surface area contributed by atoms with Crippen LogP contribution in [0.15, 0.2) is 18.2 Å². The van der Waals surface area contributed by atoms with Crippen molar-refractivity contribution in [3.8, 4) is 0 Å². The number of aromatic nitrogens is 1. The molecule has 0 saturated heterocycles. The summed E-state index contributed by atoms with van der Waals surface area (Å²) in [7, 11) is 0. The van der Waals surface area contributed by atoms with Gasteiger partial charge in [-0.3, -0.25) is 0 Å². The quantitative estimate of drug-likeness (QED) is 0.750.